The van der Waals surface area contributed by atoms with Crippen LogP contribution in [0, 0.1) is 11.8 Å². The fourth-order valence-electron chi connectivity index (χ4n) is 5.10. The molecule has 0 spiro atoms. The number of benzene rings is 1. The third-order valence-corrected chi connectivity index (χ3v) is 8.08. The Morgan fingerprint density at radius 3 is 2.59 bits per heavy atom. The highest BCUT2D eigenvalue weighted by Crippen LogP contribution is 2.35. The average molecular weight is 453 g/mol. The van der Waals surface area contributed by atoms with Crippen LogP contribution < -0.4 is 4.74 Å². The zero-order valence-corrected chi connectivity index (χ0v) is 19.4. The van der Waals surface area contributed by atoms with Crippen LogP contribution in [0.1, 0.15) is 55.0 Å². The molecule has 2 saturated carbocycles. The van der Waals surface area contributed by atoms with E-state index >= 15 is 0 Å². The Morgan fingerprint density at radius 2 is 1.84 bits per heavy atom. The Hall–Kier alpha value is -2.34. The number of amides is 2. The first-order valence-electron chi connectivity index (χ1n) is 12.0. The summed E-state index contributed by atoms with van der Waals surface area (Å²) in [4.78, 5) is 32.0. The van der Waals surface area contributed by atoms with E-state index in [1.807, 2.05) is 40.1 Å². The van der Waals surface area contributed by atoms with E-state index in [1.165, 1.54) is 23.3 Å². The molecule has 2 heterocycles. The lowest BCUT2D eigenvalue weighted by molar-refractivity contribution is -0.145. The monoisotopic (exact) mass is 452 g/mol. The van der Waals surface area contributed by atoms with Crippen molar-refractivity contribution < 1.29 is 14.3 Å². The van der Waals surface area contributed by atoms with Crippen molar-refractivity contribution in [2.75, 3.05) is 26.2 Å². The molecule has 2 amide bonds. The molecule has 1 aromatic carbocycles. The lowest BCUT2D eigenvalue weighted by Crippen LogP contribution is -2.49. The van der Waals surface area contributed by atoms with Crippen LogP contribution in [0.3, 0.4) is 0 Å². The number of para-hydroxylation sites is 1. The van der Waals surface area contributed by atoms with Crippen molar-refractivity contribution in [3.63, 3.8) is 0 Å². The highest BCUT2D eigenvalue weighted by atomic mass is 32.1. The van der Waals surface area contributed by atoms with Gasteiger partial charge < -0.3 is 14.5 Å². The Kier molecular flexibility index (Phi) is 6.49. The number of carbonyl (C=O) groups excluding carboxylic acids is 2. The van der Waals surface area contributed by atoms with E-state index in [4.69, 9.17) is 4.74 Å². The molecule has 1 atom stereocenters. The minimum absolute atomic E-state index is 0.0514. The van der Waals surface area contributed by atoms with Crippen molar-refractivity contribution in [3.05, 3.63) is 52.2 Å². The summed E-state index contributed by atoms with van der Waals surface area (Å²) >= 11 is 1.76. The largest absolute Gasteiger partial charge is 0.491 e. The van der Waals surface area contributed by atoms with E-state index < -0.39 is 0 Å². The number of hydrogen-bond acceptors (Lipinski definition) is 4. The molecule has 0 saturated heterocycles. The van der Waals surface area contributed by atoms with Gasteiger partial charge in [-0.05, 0) is 67.2 Å². The van der Waals surface area contributed by atoms with Gasteiger partial charge in [0.1, 0.15) is 12.4 Å². The molecular weight excluding hydrogens is 420 g/mol. The second-order valence-electron chi connectivity index (χ2n) is 9.42. The van der Waals surface area contributed by atoms with Gasteiger partial charge in [-0.2, -0.15) is 0 Å². The second-order valence-corrected chi connectivity index (χ2v) is 10.4. The topological polar surface area (TPSA) is 49.9 Å². The smallest absolute Gasteiger partial charge is 0.242 e. The number of hydrogen-bond donors (Lipinski definition) is 0. The number of rotatable bonds is 8. The SMILES string of the molecule is O=C(C1CCCC1)N(CC(=O)N1CCc2sccc2[C@@H]1COc1ccccc1)CC1CC1. The predicted octanol–water partition coefficient (Wildman–Crippen LogP) is 4.68. The molecule has 2 aromatic rings. The van der Waals surface area contributed by atoms with Gasteiger partial charge >= 0.3 is 0 Å². The van der Waals surface area contributed by atoms with E-state index in [0.717, 1.165) is 44.4 Å². The van der Waals surface area contributed by atoms with Crippen molar-refractivity contribution in [2.24, 2.45) is 11.8 Å². The molecule has 170 valence electrons. The van der Waals surface area contributed by atoms with Gasteiger partial charge in [-0.15, -0.1) is 11.3 Å². The molecule has 0 bridgehead atoms. The van der Waals surface area contributed by atoms with Crippen LogP contribution in [0.5, 0.6) is 5.75 Å². The minimum Gasteiger partial charge on any atom is -0.491 e. The van der Waals surface area contributed by atoms with Crippen molar-refractivity contribution in [3.8, 4) is 5.75 Å². The maximum atomic E-state index is 13.6. The lowest BCUT2D eigenvalue weighted by atomic mass is 10.00. The zero-order chi connectivity index (χ0) is 21.9. The summed E-state index contributed by atoms with van der Waals surface area (Å²) in [6.45, 7) is 2.06. The van der Waals surface area contributed by atoms with Gasteiger partial charge in [0.2, 0.25) is 11.8 Å². The fourth-order valence-corrected chi connectivity index (χ4v) is 6.02. The molecule has 0 unspecified atom stereocenters. The van der Waals surface area contributed by atoms with E-state index in [0.29, 0.717) is 19.1 Å². The Bertz CT molecular complexity index is 934. The zero-order valence-electron chi connectivity index (χ0n) is 18.6. The van der Waals surface area contributed by atoms with E-state index in [9.17, 15) is 9.59 Å². The van der Waals surface area contributed by atoms with Gasteiger partial charge in [-0.1, -0.05) is 31.0 Å². The number of thiophene rings is 1. The molecule has 5 nitrogen and oxygen atoms in total. The Balaban J connectivity index is 1.31. The first-order chi connectivity index (χ1) is 15.7. The Morgan fingerprint density at radius 1 is 1.06 bits per heavy atom. The van der Waals surface area contributed by atoms with Crippen molar-refractivity contribution in [2.45, 2.75) is 51.0 Å². The first kappa shape index (κ1) is 21.5. The quantitative estimate of drug-likeness (QED) is 0.584. The van der Waals surface area contributed by atoms with Crippen LogP contribution in [-0.2, 0) is 16.0 Å². The summed E-state index contributed by atoms with van der Waals surface area (Å²) in [6, 6.07) is 11.8. The molecule has 3 aliphatic rings. The molecule has 0 radical (unpaired) electrons. The number of nitrogens with zero attached hydrogens (tertiary/aromatic N) is 2. The molecule has 2 aliphatic carbocycles. The maximum absolute atomic E-state index is 13.6. The molecule has 5 rings (SSSR count). The molecule has 0 N–H and O–H groups in total. The molecule has 2 fully saturated rings. The van der Waals surface area contributed by atoms with E-state index in [2.05, 4.69) is 11.4 Å². The van der Waals surface area contributed by atoms with Crippen LogP contribution in [-0.4, -0.2) is 47.9 Å². The summed E-state index contributed by atoms with van der Waals surface area (Å²) in [7, 11) is 0. The highest BCUT2D eigenvalue weighted by Gasteiger charge is 2.36. The molecule has 1 aliphatic heterocycles. The Labute approximate surface area is 194 Å². The summed E-state index contributed by atoms with van der Waals surface area (Å²) in [5.74, 6) is 1.76. The molecule has 1 aromatic heterocycles. The number of fused-ring (bicyclic) bond motifs is 1. The fraction of sp³-hybridized carbons (Fsp3) is 0.538. The van der Waals surface area contributed by atoms with Gasteiger partial charge in [-0.25, -0.2) is 0 Å². The maximum Gasteiger partial charge on any atom is 0.242 e. The van der Waals surface area contributed by atoms with Gasteiger partial charge in [0.05, 0.1) is 12.6 Å². The second kappa shape index (κ2) is 9.65. The van der Waals surface area contributed by atoms with Crippen molar-refractivity contribution in [1.29, 1.82) is 0 Å². The van der Waals surface area contributed by atoms with Crippen molar-refractivity contribution >= 4 is 23.2 Å². The van der Waals surface area contributed by atoms with Gasteiger partial charge in [0, 0.05) is 23.9 Å². The summed E-state index contributed by atoms with van der Waals surface area (Å²) in [5, 5.41) is 2.11. The van der Waals surface area contributed by atoms with Crippen LogP contribution in [0.25, 0.3) is 0 Å². The normalized spacial score (nSPS) is 20.8. The minimum atomic E-state index is -0.109. The molecule has 32 heavy (non-hydrogen) atoms. The predicted molar refractivity (Wildman–Crippen MR) is 126 cm³/mol. The first-order valence-corrected chi connectivity index (χ1v) is 12.9. The van der Waals surface area contributed by atoms with Crippen LogP contribution in [0.4, 0.5) is 0 Å². The highest BCUT2D eigenvalue weighted by molar-refractivity contribution is 7.10. The number of ether oxygens (including phenoxy) is 1. The summed E-state index contributed by atoms with van der Waals surface area (Å²) in [5.41, 5.74) is 1.20. The summed E-state index contributed by atoms with van der Waals surface area (Å²) < 4.78 is 6.09. The van der Waals surface area contributed by atoms with E-state index in [1.54, 1.807) is 11.3 Å². The number of carbonyl (C=O) groups is 2. The van der Waals surface area contributed by atoms with Gasteiger partial charge in [0.15, 0.2) is 0 Å². The molecular formula is C26H32N2O3S. The van der Waals surface area contributed by atoms with Gasteiger partial charge in [0.25, 0.3) is 0 Å². The molecule has 6 heteroatoms. The van der Waals surface area contributed by atoms with Crippen LogP contribution in [0.15, 0.2) is 41.8 Å². The average Bonchev–Trinajstić information content (AvgIpc) is 3.27. The van der Waals surface area contributed by atoms with E-state index in [-0.39, 0.29) is 30.3 Å². The standard InChI is InChI=1S/C26H32N2O3S/c29-25(17-27(16-19-10-11-19)26(30)20-6-4-5-7-20)28-14-12-24-22(13-15-32-24)23(28)18-31-21-8-2-1-3-9-21/h1-3,8-9,13,15,19-20,23H,4-7,10-12,14,16-18H2/t23-/m0/s1. The lowest BCUT2D eigenvalue weighted by Gasteiger charge is -2.37. The third-order valence-electron chi connectivity index (χ3n) is 7.08. The van der Waals surface area contributed by atoms with Crippen molar-refractivity contribution in [1.82, 2.24) is 9.80 Å². The third kappa shape index (κ3) is 4.85. The van der Waals surface area contributed by atoms with Gasteiger partial charge in [-0.3, -0.25) is 9.59 Å². The van der Waals surface area contributed by atoms with Crippen LogP contribution >= 0.6 is 11.3 Å². The van der Waals surface area contributed by atoms with Crippen LogP contribution in [0.2, 0.25) is 0 Å². The summed E-state index contributed by atoms with van der Waals surface area (Å²) in [6.07, 6.45) is 7.45.